The van der Waals surface area contributed by atoms with Crippen LogP contribution in [0.5, 0.6) is 5.75 Å². The van der Waals surface area contributed by atoms with Crippen molar-refractivity contribution in [2.75, 3.05) is 26.0 Å². The summed E-state index contributed by atoms with van der Waals surface area (Å²) in [7, 11) is 1.54. The first-order valence-electron chi connectivity index (χ1n) is 6.89. The van der Waals surface area contributed by atoms with Crippen molar-refractivity contribution < 1.29 is 19.7 Å². The average Bonchev–Trinajstić information content (AvgIpc) is 2.59. The summed E-state index contributed by atoms with van der Waals surface area (Å²) in [6, 6.07) is 7.19. The van der Waals surface area contributed by atoms with Gasteiger partial charge in [0.25, 0.3) is 5.91 Å². The predicted molar refractivity (Wildman–Crippen MR) is 83.9 cm³/mol. The number of anilines is 1. The van der Waals surface area contributed by atoms with E-state index in [-0.39, 0.29) is 18.1 Å². The third kappa shape index (κ3) is 3.93. The molecule has 0 aliphatic rings. The Hall–Kier alpha value is -2.71. The molecule has 0 bridgehead atoms. The number of nitrogens with two attached hydrogens (primary N) is 1. The maximum Gasteiger partial charge on any atom is 0.273 e. The summed E-state index contributed by atoms with van der Waals surface area (Å²) in [4.78, 5) is 20.3. The number of benzene rings is 1. The van der Waals surface area contributed by atoms with Gasteiger partial charge in [0, 0.05) is 12.1 Å². The number of nitrogen functional groups attached to an aromatic ring is 1. The van der Waals surface area contributed by atoms with E-state index < -0.39 is 18.6 Å². The van der Waals surface area contributed by atoms with Crippen molar-refractivity contribution in [2.24, 2.45) is 0 Å². The first-order chi connectivity index (χ1) is 11.1. The zero-order valence-corrected chi connectivity index (χ0v) is 12.6. The SMILES string of the molecule is COc1ccccc1-c1cnc(N)c(C(=O)NC[C@H](O)CO)n1. The van der Waals surface area contributed by atoms with Crippen molar-refractivity contribution in [1.29, 1.82) is 0 Å². The van der Waals surface area contributed by atoms with Crippen molar-refractivity contribution in [3.05, 3.63) is 36.2 Å². The zero-order valence-electron chi connectivity index (χ0n) is 12.6. The number of hydrogen-bond donors (Lipinski definition) is 4. The molecule has 1 amide bonds. The van der Waals surface area contributed by atoms with Crippen molar-refractivity contribution in [1.82, 2.24) is 15.3 Å². The van der Waals surface area contributed by atoms with Crippen molar-refractivity contribution >= 4 is 11.7 Å². The molecule has 0 unspecified atom stereocenters. The van der Waals surface area contributed by atoms with Gasteiger partial charge in [-0.3, -0.25) is 4.79 Å². The van der Waals surface area contributed by atoms with Crippen molar-refractivity contribution in [3.63, 3.8) is 0 Å². The second-order valence-electron chi connectivity index (χ2n) is 4.74. The molecule has 1 aromatic heterocycles. The first-order valence-corrected chi connectivity index (χ1v) is 6.89. The maximum absolute atomic E-state index is 12.1. The minimum absolute atomic E-state index is 0.0281. The van der Waals surface area contributed by atoms with E-state index in [0.717, 1.165) is 0 Å². The Balaban J connectivity index is 2.30. The lowest BCUT2D eigenvalue weighted by Crippen LogP contribution is -2.34. The van der Waals surface area contributed by atoms with E-state index in [1.54, 1.807) is 12.1 Å². The molecule has 8 nitrogen and oxygen atoms in total. The van der Waals surface area contributed by atoms with Gasteiger partial charge in [-0.25, -0.2) is 9.97 Å². The Labute approximate surface area is 133 Å². The molecule has 5 N–H and O–H groups in total. The largest absolute Gasteiger partial charge is 0.496 e. The fourth-order valence-corrected chi connectivity index (χ4v) is 1.91. The topological polar surface area (TPSA) is 131 Å². The van der Waals surface area contributed by atoms with Crippen molar-refractivity contribution in [3.8, 4) is 17.0 Å². The van der Waals surface area contributed by atoms with E-state index in [9.17, 15) is 9.90 Å². The average molecular weight is 318 g/mol. The third-order valence-electron chi connectivity index (χ3n) is 3.11. The van der Waals surface area contributed by atoms with E-state index >= 15 is 0 Å². The van der Waals surface area contributed by atoms with Crippen LogP contribution in [0.2, 0.25) is 0 Å². The fourth-order valence-electron chi connectivity index (χ4n) is 1.91. The van der Waals surface area contributed by atoms with Gasteiger partial charge in [-0.2, -0.15) is 0 Å². The van der Waals surface area contributed by atoms with Crippen LogP contribution in [0.25, 0.3) is 11.3 Å². The van der Waals surface area contributed by atoms with Gasteiger partial charge in [-0.1, -0.05) is 12.1 Å². The smallest absolute Gasteiger partial charge is 0.273 e. The van der Waals surface area contributed by atoms with Crippen molar-refractivity contribution in [2.45, 2.75) is 6.10 Å². The molecule has 1 heterocycles. The summed E-state index contributed by atoms with van der Waals surface area (Å²) in [5.41, 5.74) is 6.75. The van der Waals surface area contributed by atoms with Gasteiger partial charge < -0.3 is 26.0 Å². The number of aliphatic hydroxyl groups excluding tert-OH is 2. The molecule has 0 spiro atoms. The summed E-state index contributed by atoms with van der Waals surface area (Å²) in [5.74, 6) is -0.0208. The van der Waals surface area contributed by atoms with Crippen LogP contribution >= 0.6 is 0 Å². The van der Waals surface area contributed by atoms with Gasteiger partial charge in [-0.05, 0) is 12.1 Å². The van der Waals surface area contributed by atoms with Gasteiger partial charge in [0.2, 0.25) is 0 Å². The summed E-state index contributed by atoms with van der Waals surface area (Å²) in [5, 5.41) is 20.5. The highest BCUT2D eigenvalue weighted by molar-refractivity contribution is 5.96. The number of rotatable bonds is 6. The van der Waals surface area contributed by atoms with Crippen LogP contribution in [0.4, 0.5) is 5.82 Å². The van der Waals surface area contributed by atoms with E-state index in [1.165, 1.54) is 13.3 Å². The molecule has 0 radical (unpaired) electrons. The van der Waals surface area contributed by atoms with Gasteiger partial charge >= 0.3 is 0 Å². The predicted octanol–water partition coefficient (Wildman–Crippen LogP) is -0.183. The number of ether oxygens (including phenoxy) is 1. The number of aliphatic hydroxyl groups is 2. The zero-order chi connectivity index (χ0) is 16.8. The van der Waals surface area contributed by atoms with Crippen LogP contribution < -0.4 is 15.8 Å². The quantitative estimate of drug-likeness (QED) is 0.581. The van der Waals surface area contributed by atoms with Crippen LogP contribution in [0.1, 0.15) is 10.5 Å². The molecule has 1 aromatic carbocycles. The number of methoxy groups -OCH3 is 1. The van der Waals surface area contributed by atoms with Crippen LogP contribution in [0, 0.1) is 0 Å². The molecule has 0 saturated carbocycles. The number of aromatic nitrogens is 2. The highest BCUT2D eigenvalue weighted by Crippen LogP contribution is 2.28. The molecular formula is C15H18N4O4. The maximum atomic E-state index is 12.1. The normalized spacial score (nSPS) is 11.8. The highest BCUT2D eigenvalue weighted by Gasteiger charge is 2.17. The Morgan fingerprint density at radius 1 is 1.43 bits per heavy atom. The number of carbonyl (C=O) groups is 1. The summed E-state index contributed by atoms with van der Waals surface area (Å²) >= 11 is 0. The first kappa shape index (κ1) is 16.7. The summed E-state index contributed by atoms with van der Waals surface area (Å²) < 4.78 is 5.26. The van der Waals surface area contributed by atoms with E-state index in [0.29, 0.717) is 17.0 Å². The molecule has 0 aliphatic heterocycles. The molecule has 2 aromatic rings. The monoisotopic (exact) mass is 318 g/mol. The Morgan fingerprint density at radius 2 is 2.17 bits per heavy atom. The molecule has 0 fully saturated rings. The molecule has 2 rings (SSSR count). The molecule has 1 atom stereocenters. The standard InChI is InChI=1S/C15H18N4O4/c1-23-12-5-3-2-4-10(12)11-7-17-14(16)13(19-11)15(22)18-6-9(21)8-20/h2-5,7,9,20-21H,6,8H2,1H3,(H2,16,17)(H,18,22)/t9-/m0/s1. The van der Waals surface area contributed by atoms with Gasteiger partial charge in [-0.15, -0.1) is 0 Å². The molecule has 0 saturated heterocycles. The second kappa shape index (κ2) is 7.52. The van der Waals surface area contributed by atoms with Crippen LogP contribution in [0.3, 0.4) is 0 Å². The van der Waals surface area contributed by atoms with E-state index in [2.05, 4.69) is 15.3 Å². The fraction of sp³-hybridized carbons (Fsp3) is 0.267. The number of amides is 1. The lowest BCUT2D eigenvalue weighted by atomic mass is 10.1. The lowest BCUT2D eigenvalue weighted by Gasteiger charge is -2.11. The molecule has 8 heteroatoms. The minimum atomic E-state index is -1.05. The lowest BCUT2D eigenvalue weighted by molar-refractivity contribution is 0.0799. The summed E-state index contributed by atoms with van der Waals surface area (Å²) in [6.45, 7) is -0.571. The Bertz CT molecular complexity index is 693. The second-order valence-corrected chi connectivity index (χ2v) is 4.74. The number of nitrogens with one attached hydrogen (secondary N) is 1. The number of hydrogen-bond acceptors (Lipinski definition) is 7. The molecular weight excluding hydrogens is 300 g/mol. The minimum Gasteiger partial charge on any atom is -0.496 e. The number of nitrogens with zero attached hydrogens (tertiary/aromatic N) is 2. The molecule has 122 valence electrons. The summed E-state index contributed by atoms with van der Waals surface area (Å²) in [6.07, 6.45) is 0.400. The van der Waals surface area contributed by atoms with E-state index in [4.69, 9.17) is 15.6 Å². The van der Waals surface area contributed by atoms with Gasteiger partial charge in [0.1, 0.15) is 5.75 Å². The Morgan fingerprint density at radius 3 is 2.87 bits per heavy atom. The van der Waals surface area contributed by atoms with E-state index in [1.807, 2.05) is 12.1 Å². The number of carbonyl (C=O) groups excluding carboxylic acids is 1. The molecule has 23 heavy (non-hydrogen) atoms. The highest BCUT2D eigenvalue weighted by atomic mass is 16.5. The third-order valence-corrected chi connectivity index (χ3v) is 3.11. The number of para-hydroxylation sites is 1. The Kier molecular flexibility index (Phi) is 5.45. The molecule has 0 aliphatic carbocycles. The van der Waals surface area contributed by atoms with Crippen LogP contribution in [0.15, 0.2) is 30.5 Å². The van der Waals surface area contributed by atoms with Crippen LogP contribution in [-0.2, 0) is 0 Å². The van der Waals surface area contributed by atoms with Gasteiger partial charge in [0.15, 0.2) is 11.5 Å². The van der Waals surface area contributed by atoms with Crippen LogP contribution in [-0.4, -0.2) is 52.5 Å². The van der Waals surface area contributed by atoms with Gasteiger partial charge in [0.05, 0.1) is 31.7 Å².